The number of primary amides is 1. The van der Waals surface area contributed by atoms with Gasteiger partial charge in [0.2, 0.25) is 5.91 Å². The van der Waals surface area contributed by atoms with E-state index in [4.69, 9.17) is 5.73 Å². The highest BCUT2D eigenvalue weighted by atomic mass is 16.1. The first-order valence-corrected chi connectivity index (χ1v) is 7.14. The lowest BCUT2D eigenvalue weighted by molar-refractivity contribution is -0.123. The van der Waals surface area contributed by atoms with Crippen molar-refractivity contribution in [3.8, 4) is 11.5 Å². The number of aromatic nitrogens is 5. The maximum atomic E-state index is 11.3. The molecule has 2 aromatic heterocycles. The summed E-state index contributed by atoms with van der Waals surface area (Å²) in [5.74, 6) is 0.502. The number of amides is 1. The van der Waals surface area contributed by atoms with Gasteiger partial charge in [0.05, 0.1) is 18.7 Å². The maximum Gasteiger partial charge on any atom is 0.221 e. The van der Waals surface area contributed by atoms with Crippen LogP contribution in [0.25, 0.3) is 11.5 Å². The highest BCUT2D eigenvalue weighted by Crippen LogP contribution is 2.16. The normalized spacial score (nSPS) is 19.7. The first kappa shape index (κ1) is 13.7. The molecule has 0 spiro atoms. The molecule has 1 fully saturated rings. The van der Waals surface area contributed by atoms with E-state index in [2.05, 4.69) is 25.2 Å². The molecule has 112 valence electrons. The summed E-state index contributed by atoms with van der Waals surface area (Å²) in [5.41, 5.74) is 6.12. The van der Waals surface area contributed by atoms with E-state index in [-0.39, 0.29) is 11.8 Å². The highest BCUT2D eigenvalue weighted by Gasteiger charge is 2.23. The van der Waals surface area contributed by atoms with Crippen LogP contribution >= 0.6 is 0 Å². The molecule has 1 aliphatic rings. The Morgan fingerprint density at radius 3 is 3.14 bits per heavy atom. The van der Waals surface area contributed by atoms with Gasteiger partial charge in [-0.05, 0) is 19.4 Å². The van der Waals surface area contributed by atoms with E-state index < -0.39 is 0 Å². The molecule has 0 radical (unpaired) electrons. The van der Waals surface area contributed by atoms with Crippen LogP contribution in [0.1, 0.15) is 12.8 Å². The average Bonchev–Trinajstić information content (AvgIpc) is 3.16. The van der Waals surface area contributed by atoms with Crippen molar-refractivity contribution in [1.29, 1.82) is 0 Å². The number of carbonyl (C=O) groups excluding carboxylic acids is 1. The van der Waals surface area contributed by atoms with Crippen LogP contribution in [0.15, 0.2) is 18.6 Å². The zero-order valence-electron chi connectivity index (χ0n) is 11.8. The summed E-state index contributed by atoms with van der Waals surface area (Å²) in [6.07, 6.45) is 7.23. The summed E-state index contributed by atoms with van der Waals surface area (Å²) in [4.78, 5) is 20.7. The molecule has 8 heteroatoms. The molecule has 21 heavy (non-hydrogen) atoms. The predicted molar refractivity (Wildman–Crippen MR) is 76.0 cm³/mol. The maximum absolute atomic E-state index is 11.3. The van der Waals surface area contributed by atoms with E-state index in [1.807, 2.05) is 6.20 Å². The smallest absolute Gasteiger partial charge is 0.221 e. The summed E-state index contributed by atoms with van der Waals surface area (Å²) in [7, 11) is 0. The lowest BCUT2D eigenvalue weighted by Gasteiger charge is -2.30. The number of hydrogen-bond acceptors (Lipinski definition) is 5. The molecule has 0 aliphatic carbocycles. The first-order chi connectivity index (χ1) is 10.2. The average molecular weight is 289 g/mol. The van der Waals surface area contributed by atoms with Gasteiger partial charge in [0, 0.05) is 25.5 Å². The first-order valence-electron chi connectivity index (χ1n) is 7.14. The molecule has 3 N–H and O–H groups in total. The third kappa shape index (κ3) is 3.27. The molecule has 8 nitrogen and oxygen atoms in total. The molecule has 0 aromatic carbocycles. The molecule has 0 bridgehead atoms. The number of rotatable bonds is 5. The molecule has 2 aromatic rings. The Hall–Kier alpha value is -2.22. The molecule has 1 amide bonds. The number of nitrogens with zero attached hydrogens (tertiary/aromatic N) is 5. The van der Waals surface area contributed by atoms with Crippen LogP contribution in [0.4, 0.5) is 0 Å². The number of H-pyrrole nitrogens is 1. The quantitative estimate of drug-likeness (QED) is 0.797. The second kappa shape index (κ2) is 6.04. The molecule has 0 unspecified atom stereocenters. The minimum Gasteiger partial charge on any atom is -0.369 e. The zero-order chi connectivity index (χ0) is 14.7. The molecule has 3 rings (SSSR count). The number of hydrogen-bond donors (Lipinski definition) is 2. The van der Waals surface area contributed by atoms with Crippen LogP contribution in [0.3, 0.4) is 0 Å². The fraction of sp³-hybridized carbons (Fsp3) is 0.538. The van der Waals surface area contributed by atoms with Gasteiger partial charge >= 0.3 is 0 Å². The number of nitrogens with one attached hydrogen (secondary N) is 1. The van der Waals surface area contributed by atoms with Crippen LogP contribution < -0.4 is 5.73 Å². The van der Waals surface area contributed by atoms with Gasteiger partial charge < -0.3 is 15.6 Å². The molecule has 1 aliphatic heterocycles. The third-order valence-electron chi connectivity index (χ3n) is 3.83. The van der Waals surface area contributed by atoms with Crippen molar-refractivity contribution < 1.29 is 4.79 Å². The highest BCUT2D eigenvalue weighted by molar-refractivity contribution is 5.76. The van der Waals surface area contributed by atoms with E-state index in [1.54, 1.807) is 17.1 Å². The number of piperidine rings is 1. The van der Waals surface area contributed by atoms with Crippen molar-refractivity contribution in [1.82, 2.24) is 29.9 Å². The topological polar surface area (TPSA) is 106 Å². The zero-order valence-corrected chi connectivity index (χ0v) is 11.8. The van der Waals surface area contributed by atoms with Crippen molar-refractivity contribution in [3.63, 3.8) is 0 Å². The van der Waals surface area contributed by atoms with E-state index in [1.165, 1.54) is 0 Å². The van der Waals surface area contributed by atoms with Crippen molar-refractivity contribution in [2.24, 2.45) is 11.7 Å². The molecular weight excluding hydrogens is 270 g/mol. The molecule has 1 saturated heterocycles. The van der Waals surface area contributed by atoms with Crippen LogP contribution in [-0.2, 0) is 11.3 Å². The monoisotopic (exact) mass is 289 g/mol. The number of aromatic amines is 1. The Balaban J connectivity index is 1.54. The number of imidazole rings is 1. The van der Waals surface area contributed by atoms with Crippen LogP contribution in [-0.4, -0.2) is 55.4 Å². The minimum atomic E-state index is -0.194. The van der Waals surface area contributed by atoms with Gasteiger partial charge in [-0.1, -0.05) is 5.21 Å². The second-order valence-corrected chi connectivity index (χ2v) is 5.35. The largest absolute Gasteiger partial charge is 0.369 e. The van der Waals surface area contributed by atoms with E-state index in [0.29, 0.717) is 5.82 Å². The Bertz CT molecular complexity index is 591. The van der Waals surface area contributed by atoms with Crippen molar-refractivity contribution in [3.05, 3.63) is 18.6 Å². The fourth-order valence-electron chi connectivity index (χ4n) is 2.66. The van der Waals surface area contributed by atoms with Gasteiger partial charge in [-0.3, -0.25) is 9.48 Å². The summed E-state index contributed by atoms with van der Waals surface area (Å²) in [6.45, 7) is 3.32. The SMILES string of the molecule is NC(=O)[C@H]1CCCN(CCn2cc(-c3ncc[nH]3)nn2)C1. The van der Waals surface area contributed by atoms with Gasteiger partial charge in [-0.25, -0.2) is 4.98 Å². The Morgan fingerprint density at radius 1 is 1.48 bits per heavy atom. The lowest BCUT2D eigenvalue weighted by Crippen LogP contribution is -2.42. The molecular formula is C13H19N7O. The standard InChI is InChI=1S/C13H19N7O/c14-12(21)10-2-1-5-19(8-10)6-7-20-9-11(17-18-20)13-15-3-4-16-13/h3-4,9-10H,1-2,5-8H2,(H2,14,21)(H,15,16)/t10-/m0/s1. The Morgan fingerprint density at radius 2 is 2.38 bits per heavy atom. The third-order valence-corrected chi connectivity index (χ3v) is 3.83. The predicted octanol–water partition coefficient (Wildman–Crippen LogP) is -0.135. The number of carbonyl (C=O) groups is 1. The summed E-state index contributed by atoms with van der Waals surface area (Å²) in [5, 5.41) is 8.19. The molecule has 0 saturated carbocycles. The number of nitrogens with two attached hydrogens (primary N) is 1. The Labute approximate surface area is 122 Å². The summed E-state index contributed by atoms with van der Waals surface area (Å²) in [6, 6.07) is 0. The van der Waals surface area contributed by atoms with E-state index in [0.717, 1.165) is 44.7 Å². The fourth-order valence-corrected chi connectivity index (χ4v) is 2.66. The van der Waals surface area contributed by atoms with Crippen molar-refractivity contribution >= 4 is 5.91 Å². The van der Waals surface area contributed by atoms with Gasteiger partial charge in [0.1, 0.15) is 5.69 Å². The number of likely N-dealkylation sites (tertiary alicyclic amines) is 1. The van der Waals surface area contributed by atoms with Crippen molar-refractivity contribution in [2.75, 3.05) is 19.6 Å². The second-order valence-electron chi connectivity index (χ2n) is 5.35. The van der Waals surface area contributed by atoms with E-state index in [9.17, 15) is 4.79 Å². The van der Waals surface area contributed by atoms with Crippen molar-refractivity contribution in [2.45, 2.75) is 19.4 Å². The lowest BCUT2D eigenvalue weighted by atomic mass is 9.97. The molecule has 1 atom stereocenters. The van der Waals surface area contributed by atoms with Gasteiger partial charge in [-0.15, -0.1) is 5.10 Å². The van der Waals surface area contributed by atoms with Crippen LogP contribution in [0.2, 0.25) is 0 Å². The minimum absolute atomic E-state index is 0.0202. The van der Waals surface area contributed by atoms with Gasteiger partial charge in [0.15, 0.2) is 5.82 Å². The Kier molecular flexibility index (Phi) is 3.96. The molecule has 3 heterocycles. The summed E-state index contributed by atoms with van der Waals surface area (Å²) < 4.78 is 1.80. The van der Waals surface area contributed by atoms with Crippen LogP contribution in [0, 0.1) is 5.92 Å². The van der Waals surface area contributed by atoms with Gasteiger partial charge in [-0.2, -0.15) is 0 Å². The summed E-state index contributed by atoms with van der Waals surface area (Å²) >= 11 is 0. The van der Waals surface area contributed by atoms with E-state index >= 15 is 0 Å². The van der Waals surface area contributed by atoms with Crippen LogP contribution in [0.5, 0.6) is 0 Å². The van der Waals surface area contributed by atoms with Gasteiger partial charge in [0.25, 0.3) is 0 Å².